The summed E-state index contributed by atoms with van der Waals surface area (Å²) in [4.78, 5) is 32.6. The van der Waals surface area contributed by atoms with Crippen molar-refractivity contribution in [3.8, 4) is 0 Å². The zero-order chi connectivity index (χ0) is 17.3. The molecule has 1 aliphatic rings. The number of rotatable bonds is 3. The third kappa shape index (κ3) is 2.78. The summed E-state index contributed by atoms with van der Waals surface area (Å²) < 4.78 is -1.23. The van der Waals surface area contributed by atoms with Gasteiger partial charge in [-0.1, -0.05) is 30.0 Å². The van der Waals surface area contributed by atoms with Crippen molar-refractivity contribution in [2.75, 3.05) is 16.8 Å². The van der Waals surface area contributed by atoms with Gasteiger partial charge in [0.05, 0.1) is 5.69 Å². The number of amides is 2. The molecule has 0 aliphatic carbocycles. The Bertz CT molecular complexity index is 791. The van der Waals surface area contributed by atoms with E-state index in [1.807, 2.05) is 44.2 Å². The summed E-state index contributed by atoms with van der Waals surface area (Å²) in [6, 6.07) is 11.3. The van der Waals surface area contributed by atoms with Crippen molar-refractivity contribution in [3.63, 3.8) is 0 Å². The number of nitrogens with one attached hydrogen (secondary N) is 1. The summed E-state index contributed by atoms with van der Waals surface area (Å²) in [7, 11) is 0. The SMILES string of the molecule is CCN1C(=O)C(C)(C(=O)Nc2ccc(C)cn2)Sc2ccccc21. The van der Waals surface area contributed by atoms with Gasteiger partial charge in [-0.05, 0) is 44.5 Å². The molecule has 0 radical (unpaired) electrons. The molecule has 1 aromatic carbocycles. The Hall–Kier alpha value is -2.34. The molecule has 1 atom stereocenters. The van der Waals surface area contributed by atoms with E-state index in [0.717, 1.165) is 16.1 Å². The van der Waals surface area contributed by atoms with Gasteiger partial charge in [0, 0.05) is 17.6 Å². The molecular formula is C18H19N3O2S. The van der Waals surface area contributed by atoms with Crippen LogP contribution >= 0.6 is 11.8 Å². The molecule has 0 saturated heterocycles. The van der Waals surface area contributed by atoms with Crippen LogP contribution in [0.3, 0.4) is 0 Å². The molecule has 1 aliphatic heterocycles. The van der Waals surface area contributed by atoms with Gasteiger partial charge in [0.2, 0.25) is 0 Å². The third-order valence-corrected chi connectivity index (χ3v) is 5.36. The number of aromatic nitrogens is 1. The molecule has 5 nitrogen and oxygen atoms in total. The fraction of sp³-hybridized carbons (Fsp3) is 0.278. The number of aryl methyl sites for hydroxylation is 1. The topological polar surface area (TPSA) is 62.3 Å². The quantitative estimate of drug-likeness (QED) is 0.871. The molecule has 2 amide bonds. The zero-order valence-electron chi connectivity index (χ0n) is 13.9. The van der Waals surface area contributed by atoms with Crippen molar-refractivity contribution >= 4 is 35.1 Å². The second-order valence-corrected chi connectivity index (χ2v) is 7.29. The summed E-state index contributed by atoms with van der Waals surface area (Å²) >= 11 is 1.29. The highest BCUT2D eigenvalue weighted by atomic mass is 32.2. The average Bonchev–Trinajstić information content (AvgIpc) is 2.58. The monoisotopic (exact) mass is 341 g/mol. The van der Waals surface area contributed by atoms with Crippen LogP contribution in [0, 0.1) is 6.92 Å². The summed E-state index contributed by atoms with van der Waals surface area (Å²) in [6.07, 6.45) is 1.68. The maximum absolute atomic E-state index is 13.0. The second-order valence-electron chi connectivity index (χ2n) is 5.83. The fourth-order valence-electron chi connectivity index (χ4n) is 2.63. The van der Waals surface area contributed by atoms with Gasteiger partial charge in [-0.25, -0.2) is 4.98 Å². The van der Waals surface area contributed by atoms with Crippen molar-refractivity contribution in [1.29, 1.82) is 0 Å². The molecule has 2 aromatic rings. The van der Waals surface area contributed by atoms with E-state index in [1.54, 1.807) is 24.1 Å². The lowest BCUT2D eigenvalue weighted by molar-refractivity contribution is -0.128. The lowest BCUT2D eigenvalue weighted by atomic mass is 10.1. The molecule has 0 saturated carbocycles. The minimum Gasteiger partial charge on any atom is -0.310 e. The first-order chi connectivity index (χ1) is 11.5. The van der Waals surface area contributed by atoms with Crippen LogP contribution in [-0.2, 0) is 9.59 Å². The highest BCUT2D eigenvalue weighted by molar-refractivity contribution is 8.02. The largest absolute Gasteiger partial charge is 0.310 e. The maximum Gasteiger partial charge on any atom is 0.252 e. The minimum atomic E-state index is -1.23. The van der Waals surface area contributed by atoms with Crippen molar-refractivity contribution in [3.05, 3.63) is 48.2 Å². The number of carbonyl (C=O) groups is 2. The number of para-hydroxylation sites is 1. The van der Waals surface area contributed by atoms with Crippen LogP contribution in [0.5, 0.6) is 0 Å². The molecule has 1 aromatic heterocycles. The number of fused-ring (bicyclic) bond motifs is 1. The molecule has 2 heterocycles. The number of anilines is 2. The molecule has 124 valence electrons. The van der Waals surface area contributed by atoms with Crippen LogP contribution in [0.15, 0.2) is 47.5 Å². The van der Waals surface area contributed by atoms with Gasteiger partial charge < -0.3 is 10.2 Å². The highest BCUT2D eigenvalue weighted by Crippen LogP contribution is 2.45. The summed E-state index contributed by atoms with van der Waals surface area (Å²) in [5, 5.41) is 2.77. The Morgan fingerprint density at radius 3 is 2.71 bits per heavy atom. The van der Waals surface area contributed by atoms with Gasteiger partial charge in [0.25, 0.3) is 11.8 Å². The Balaban J connectivity index is 1.92. The lowest BCUT2D eigenvalue weighted by Gasteiger charge is -2.38. The van der Waals surface area contributed by atoms with Crippen LogP contribution in [0.2, 0.25) is 0 Å². The predicted octanol–water partition coefficient (Wildman–Crippen LogP) is 3.25. The van der Waals surface area contributed by atoms with Gasteiger partial charge in [0.1, 0.15) is 5.82 Å². The van der Waals surface area contributed by atoms with Crippen LogP contribution in [0.4, 0.5) is 11.5 Å². The van der Waals surface area contributed by atoms with Crippen molar-refractivity contribution in [2.45, 2.75) is 30.4 Å². The molecule has 0 fully saturated rings. The number of carbonyl (C=O) groups excluding carboxylic acids is 2. The molecular weight excluding hydrogens is 322 g/mol. The third-order valence-electron chi connectivity index (χ3n) is 4.03. The Morgan fingerprint density at radius 1 is 1.29 bits per heavy atom. The first-order valence-corrected chi connectivity index (χ1v) is 8.61. The fourth-order valence-corrected chi connectivity index (χ4v) is 3.84. The van der Waals surface area contributed by atoms with Gasteiger partial charge >= 0.3 is 0 Å². The van der Waals surface area contributed by atoms with Gasteiger partial charge in [-0.3, -0.25) is 9.59 Å². The molecule has 1 N–H and O–H groups in total. The summed E-state index contributed by atoms with van der Waals surface area (Å²) in [6.45, 7) is 6.02. The van der Waals surface area contributed by atoms with Crippen LogP contribution in [0.1, 0.15) is 19.4 Å². The van der Waals surface area contributed by atoms with Gasteiger partial charge in [-0.15, -0.1) is 0 Å². The Kier molecular flexibility index (Phi) is 4.32. The Morgan fingerprint density at radius 2 is 2.04 bits per heavy atom. The van der Waals surface area contributed by atoms with Crippen LogP contribution < -0.4 is 10.2 Å². The van der Waals surface area contributed by atoms with Crippen molar-refractivity contribution in [2.24, 2.45) is 0 Å². The zero-order valence-corrected chi connectivity index (χ0v) is 14.7. The maximum atomic E-state index is 13.0. The normalized spacial score (nSPS) is 19.8. The first kappa shape index (κ1) is 16.5. The van der Waals surface area contributed by atoms with Gasteiger partial charge in [-0.2, -0.15) is 0 Å². The molecule has 1 unspecified atom stereocenters. The molecule has 24 heavy (non-hydrogen) atoms. The number of hydrogen-bond acceptors (Lipinski definition) is 4. The number of pyridine rings is 1. The summed E-state index contributed by atoms with van der Waals surface area (Å²) in [5.41, 5.74) is 1.86. The first-order valence-electron chi connectivity index (χ1n) is 7.80. The standard InChI is InChI=1S/C18H19N3O2S/c1-4-21-13-7-5-6-8-14(13)24-18(3,17(21)23)16(22)20-15-10-9-12(2)11-19-15/h5-11H,4H2,1-3H3,(H,19,20,22). The number of thioether (sulfide) groups is 1. The van der Waals surface area contributed by atoms with E-state index in [0.29, 0.717) is 12.4 Å². The summed E-state index contributed by atoms with van der Waals surface area (Å²) in [5.74, 6) is -0.123. The van der Waals surface area contributed by atoms with Crippen LogP contribution in [0.25, 0.3) is 0 Å². The van der Waals surface area contributed by atoms with E-state index in [1.165, 1.54) is 11.8 Å². The predicted molar refractivity (Wildman–Crippen MR) is 96.3 cm³/mol. The van der Waals surface area contributed by atoms with E-state index in [2.05, 4.69) is 10.3 Å². The smallest absolute Gasteiger partial charge is 0.252 e. The van der Waals surface area contributed by atoms with E-state index in [4.69, 9.17) is 0 Å². The van der Waals surface area contributed by atoms with Crippen LogP contribution in [-0.4, -0.2) is 28.1 Å². The second kappa shape index (κ2) is 6.28. The molecule has 3 rings (SSSR count). The van der Waals surface area contributed by atoms with Gasteiger partial charge in [0.15, 0.2) is 4.75 Å². The van der Waals surface area contributed by atoms with E-state index < -0.39 is 4.75 Å². The number of nitrogens with zero attached hydrogens (tertiary/aromatic N) is 2. The number of benzene rings is 1. The Labute approximate surface area is 145 Å². The van der Waals surface area contributed by atoms with Crippen molar-refractivity contribution < 1.29 is 9.59 Å². The molecule has 6 heteroatoms. The minimum absolute atomic E-state index is 0.210. The lowest BCUT2D eigenvalue weighted by Crippen LogP contribution is -2.54. The molecule has 0 spiro atoms. The van der Waals surface area contributed by atoms with E-state index in [-0.39, 0.29) is 11.8 Å². The number of hydrogen-bond donors (Lipinski definition) is 1. The highest BCUT2D eigenvalue weighted by Gasteiger charge is 2.48. The molecule has 0 bridgehead atoms. The van der Waals surface area contributed by atoms with Crippen molar-refractivity contribution in [1.82, 2.24) is 4.98 Å². The average molecular weight is 341 g/mol. The van der Waals surface area contributed by atoms with E-state index in [9.17, 15) is 9.59 Å². The van der Waals surface area contributed by atoms with E-state index >= 15 is 0 Å².